The molecule has 0 aliphatic heterocycles. The van der Waals surface area contributed by atoms with Crippen LogP contribution in [0.25, 0.3) is 11.3 Å². The summed E-state index contributed by atoms with van der Waals surface area (Å²) in [6.07, 6.45) is 1.10. The largest absolute Gasteiger partial charge is 0.361 e. The lowest BCUT2D eigenvalue weighted by Crippen LogP contribution is -2.23. The van der Waals surface area contributed by atoms with Crippen molar-refractivity contribution in [3.8, 4) is 11.3 Å². The summed E-state index contributed by atoms with van der Waals surface area (Å²) in [5, 5.41) is 15.0. The molecule has 0 aliphatic rings. The average molecular weight is 550 g/mol. The maximum Gasteiger partial charge on any atom is 0.269 e. The van der Waals surface area contributed by atoms with Gasteiger partial charge in [-0.2, -0.15) is 5.10 Å². The molecule has 2 aromatic carbocycles. The number of aryl methyl sites for hydroxylation is 1. The molecular formula is C23H18ClF2N5O5S. The van der Waals surface area contributed by atoms with Gasteiger partial charge in [0.25, 0.3) is 11.8 Å². The van der Waals surface area contributed by atoms with Crippen molar-refractivity contribution in [3.05, 3.63) is 81.7 Å². The van der Waals surface area contributed by atoms with Gasteiger partial charge in [-0.15, -0.1) is 0 Å². The first-order chi connectivity index (χ1) is 17.4. The van der Waals surface area contributed by atoms with Crippen LogP contribution in [0, 0.1) is 18.6 Å². The van der Waals surface area contributed by atoms with Gasteiger partial charge in [0.2, 0.25) is 0 Å². The fraction of sp³-hybridized carbons (Fsp3) is 0.130. The molecule has 14 heteroatoms. The molecule has 0 saturated carbocycles. The van der Waals surface area contributed by atoms with Crippen molar-refractivity contribution in [3.63, 3.8) is 0 Å². The predicted octanol–water partition coefficient (Wildman–Crippen LogP) is 3.89. The van der Waals surface area contributed by atoms with E-state index in [-0.39, 0.29) is 33.5 Å². The Kier molecular flexibility index (Phi) is 7.09. The maximum absolute atomic E-state index is 13.5. The van der Waals surface area contributed by atoms with Gasteiger partial charge >= 0.3 is 0 Å². The first-order valence-electron chi connectivity index (χ1n) is 10.5. The molecule has 0 aliphatic carbocycles. The lowest BCUT2D eigenvalue weighted by molar-refractivity contribution is 0.0945. The van der Waals surface area contributed by atoms with Gasteiger partial charge in [-0.1, -0.05) is 28.9 Å². The molecule has 4 aromatic rings. The number of hydrogen-bond donors (Lipinski definition) is 3. The third kappa shape index (κ3) is 5.67. The Morgan fingerprint density at radius 1 is 1.08 bits per heavy atom. The number of hydrogen-bond acceptors (Lipinski definition) is 7. The number of carbonyl (C=O) groups excluding carboxylic acids is 2. The summed E-state index contributed by atoms with van der Waals surface area (Å²) >= 11 is 5.81. The Balaban J connectivity index is 1.44. The molecule has 2 heterocycles. The van der Waals surface area contributed by atoms with Crippen LogP contribution in [-0.2, 0) is 16.4 Å². The fourth-order valence-corrected chi connectivity index (χ4v) is 4.20. The Morgan fingerprint density at radius 2 is 1.76 bits per heavy atom. The van der Waals surface area contributed by atoms with E-state index in [9.17, 15) is 26.8 Å². The second kappa shape index (κ2) is 10.1. The highest BCUT2D eigenvalue weighted by Gasteiger charge is 2.20. The monoisotopic (exact) mass is 549 g/mol. The maximum atomic E-state index is 13.5. The van der Waals surface area contributed by atoms with Crippen LogP contribution in [0.3, 0.4) is 0 Å². The zero-order valence-corrected chi connectivity index (χ0v) is 20.8. The number of halogens is 3. The van der Waals surface area contributed by atoms with Crippen LogP contribution in [0.5, 0.6) is 0 Å². The summed E-state index contributed by atoms with van der Waals surface area (Å²) in [5.41, 5.74) is 1.28. The average Bonchev–Trinajstić information content (AvgIpc) is 3.46. The first kappa shape index (κ1) is 26.0. The van der Waals surface area contributed by atoms with Crippen LogP contribution in [-0.4, -0.2) is 41.8 Å². The Hall–Kier alpha value is -4.10. The van der Waals surface area contributed by atoms with Gasteiger partial charge in [0.1, 0.15) is 17.1 Å². The molecular weight excluding hydrogens is 532 g/mol. The summed E-state index contributed by atoms with van der Waals surface area (Å²) in [7, 11) is -3.36. The Morgan fingerprint density at radius 3 is 2.43 bits per heavy atom. The predicted molar refractivity (Wildman–Crippen MR) is 129 cm³/mol. The van der Waals surface area contributed by atoms with E-state index in [2.05, 4.69) is 26.0 Å². The van der Waals surface area contributed by atoms with E-state index in [0.29, 0.717) is 34.7 Å². The zero-order chi connectivity index (χ0) is 26.9. The molecule has 0 atom stereocenters. The summed E-state index contributed by atoms with van der Waals surface area (Å²) in [5.74, 6) is -3.47. The molecule has 0 saturated heterocycles. The molecule has 4 rings (SSSR count). The van der Waals surface area contributed by atoms with Gasteiger partial charge in [-0.05, 0) is 31.2 Å². The number of nitrogens with zero attached hydrogens (tertiary/aromatic N) is 2. The van der Waals surface area contributed by atoms with Crippen LogP contribution >= 0.6 is 11.6 Å². The van der Waals surface area contributed by atoms with E-state index >= 15 is 0 Å². The third-order valence-electron chi connectivity index (χ3n) is 5.28. The standard InChI is InChI=1S/C23H18ClF2N5O5S/c1-11-15(21(31-36-11)12-3-5-13(6-4-12)37(2,34)35)10-27-23(33)19-9-20(30-29-19)28-22(32)14-7-17(25)18(26)8-16(14)24/h3-9H,10H2,1-2H3,(H,27,33)(H2,28,29,30,32). The Bertz CT molecular complexity index is 1620. The molecule has 192 valence electrons. The van der Waals surface area contributed by atoms with Crippen molar-refractivity contribution in [2.45, 2.75) is 18.4 Å². The summed E-state index contributed by atoms with van der Waals surface area (Å²) in [6, 6.07) is 8.64. The van der Waals surface area contributed by atoms with Crippen LogP contribution in [0.15, 0.2) is 51.9 Å². The van der Waals surface area contributed by atoms with Crippen molar-refractivity contribution >= 4 is 39.1 Å². The number of aromatic amines is 1. The molecule has 2 aromatic heterocycles. The van der Waals surface area contributed by atoms with Crippen molar-refractivity contribution in [2.75, 3.05) is 11.6 Å². The molecule has 0 spiro atoms. The lowest BCUT2D eigenvalue weighted by atomic mass is 10.1. The van der Waals surface area contributed by atoms with E-state index in [1.807, 2.05) is 0 Å². The minimum Gasteiger partial charge on any atom is -0.361 e. The molecule has 2 amide bonds. The number of nitrogens with one attached hydrogen (secondary N) is 3. The van der Waals surface area contributed by atoms with Crippen LogP contribution in [0.2, 0.25) is 5.02 Å². The summed E-state index contributed by atoms with van der Waals surface area (Å²) < 4.78 is 55.3. The van der Waals surface area contributed by atoms with Gasteiger partial charge in [0.05, 0.1) is 15.5 Å². The summed E-state index contributed by atoms with van der Waals surface area (Å²) in [6.45, 7) is 1.68. The van der Waals surface area contributed by atoms with Crippen molar-refractivity contribution in [1.29, 1.82) is 0 Å². The molecule has 0 bridgehead atoms. The van der Waals surface area contributed by atoms with Gasteiger partial charge in [0, 0.05) is 30.0 Å². The number of anilines is 1. The quantitative estimate of drug-likeness (QED) is 0.296. The number of carbonyl (C=O) groups is 2. The second-order valence-electron chi connectivity index (χ2n) is 7.91. The minimum atomic E-state index is -3.36. The molecule has 37 heavy (non-hydrogen) atoms. The number of aromatic nitrogens is 3. The van der Waals surface area contributed by atoms with Crippen LogP contribution < -0.4 is 10.6 Å². The van der Waals surface area contributed by atoms with E-state index in [4.69, 9.17) is 16.1 Å². The molecule has 3 N–H and O–H groups in total. The number of amides is 2. The van der Waals surface area contributed by atoms with Gasteiger partial charge in [0.15, 0.2) is 27.3 Å². The van der Waals surface area contributed by atoms with E-state index in [1.54, 1.807) is 19.1 Å². The van der Waals surface area contributed by atoms with E-state index < -0.39 is 33.3 Å². The highest BCUT2D eigenvalue weighted by Crippen LogP contribution is 2.26. The van der Waals surface area contributed by atoms with Gasteiger partial charge < -0.3 is 15.2 Å². The molecule has 10 nitrogen and oxygen atoms in total. The van der Waals surface area contributed by atoms with Crippen LogP contribution in [0.4, 0.5) is 14.6 Å². The smallest absolute Gasteiger partial charge is 0.269 e. The van der Waals surface area contributed by atoms with Gasteiger partial charge in [-0.25, -0.2) is 17.2 Å². The van der Waals surface area contributed by atoms with Crippen molar-refractivity contribution in [1.82, 2.24) is 20.7 Å². The first-order valence-corrected chi connectivity index (χ1v) is 12.8. The zero-order valence-electron chi connectivity index (χ0n) is 19.2. The SMILES string of the molecule is Cc1onc(-c2ccc(S(C)(=O)=O)cc2)c1CNC(=O)c1cc(NC(=O)c2cc(F)c(F)cc2Cl)n[nH]1. The van der Waals surface area contributed by atoms with E-state index in [1.165, 1.54) is 18.2 Å². The number of H-pyrrole nitrogens is 1. The number of benzene rings is 2. The molecule has 0 fully saturated rings. The summed E-state index contributed by atoms with van der Waals surface area (Å²) in [4.78, 5) is 25.1. The highest BCUT2D eigenvalue weighted by atomic mass is 35.5. The normalized spacial score (nSPS) is 11.4. The highest BCUT2D eigenvalue weighted by molar-refractivity contribution is 7.90. The lowest BCUT2D eigenvalue weighted by Gasteiger charge is -2.06. The van der Waals surface area contributed by atoms with Crippen LogP contribution in [0.1, 0.15) is 32.2 Å². The molecule has 0 unspecified atom stereocenters. The van der Waals surface area contributed by atoms with Gasteiger partial charge in [-0.3, -0.25) is 14.7 Å². The Labute approximate surface area is 213 Å². The van der Waals surface area contributed by atoms with E-state index in [0.717, 1.165) is 6.26 Å². The number of sulfone groups is 1. The molecule has 0 radical (unpaired) electrons. The minimum absolute atomic E-state index is 0.000143. The van der Waals surface area contributed by atoms with Crippen molar-refractivity contribution in [2.24, 2.45) is 0 Å². The van der Waals surface area contributed by atoms with Crippen molar-refractivity contribution < 1.29 is 31.3 Å². The second-order valence-corrected chi connectivity index (χ2v) is 10.3. The third-order valence-corrected chi connectivity index (χ3v) is 6.73. The fourth-order valence-electron chi connectivity index (χ4n) is 3.33. The number of rotatable bonds is 7. The topological polar surface area (TPSA) is 147 Å².